The lowest BCUT2D eigenvalue weighted by Crippen LogP contribution is -2.40. The van der Waals surface area contributed by atoms with Crippen molar-refractivity contribution in [2.24, 2.45) is 0 Å². The summed E-state index contributed by atoms with van der Waals surface area (Å²) in [5, 5.41) is 7.03. The summed E-state index contributed by atoms with van der Waals surface area (Å²) < 4.78 is 0. The molecule has 0 radical (unpaired) electrons. The van der Waals surface area contributed by atoms with Gasteiger partial charge in [-0.2, -0.15) is 0 Å². The highest BCUT2D eigenvalue weighted by molar-refractivity contribution is 5.13. The number of pyridine rings is 1. The van der Waals surface area contributed by atoms with E-state index < -0.39 is 0 Å². The van der Waals surface area contributed by atoms with Gasteiger partial charge < -0.3 is 10.6 Å². The maximum atomic E-state index is 4.15. The second-order valence-corrected chi connectivity index (χ2v) is 4.20. The Morgan fingerprint density at radius 2 is 2.27 bits per heavy atom. The molecule has 3 heteroatoms. The Labute approximate surface area is 91.3 Å². The van der Waals surface area contributed by atoms with E-state index in [9.17, 15) is 0 Å². The van der Waals surface area contributed by atoms with E-state index in [1.807, 2.05) is 18.5 Å². The summed E-state index contributed by atoms with van der Waals surface area (Å²) in [5.41, 5.74) is 1.27. The number of piperidine rings is 1. The molecular weight excluding hydrogens is 186 g/mol. The van der Waals surface area contributed by atoms with Crippen molar-refractivity contribution in [1.29, 1.82) is 0 Å². The van der Waals surface area contributed by atoms with Crippen LogP contribution in [0.25, 0.3) is 0 Å². The Balaban J connectivity index is 1.88. The summed E-state index contributed by atoms with van der Waals surface area (Å²) in [5.74, 6) is 0. The molecule has 82 valence electrons. The van der Waals surface area contributed by atoms with Gasteiger partial charge in [0.2, 0.25) is 0 Å². The highest BCUT2D eigenvalue weighted by atomic mass is 15.0. The van der Waals surface area contributed by atoms with Crippen molar-refractivity contribution in [2.45, 2.75) is 31.8 Å². The zero-order valence-corrected chi connectivity index (χ0v) is 9.24. The number of nitrogens with zero attached hydrogens (tertiary/aromatic N) is 1. The van der Waals surface area contributed by atoms with Crippen LogP contribution in [0.5, 0.6) is 0 Å². The first-order chi connectivity index (χ1) is 7.36. The first-order valence-corrected chi connectivity index (χ1v) is 5.73. The quantitative estimate of drug-likeness (QED) is 0.785. The number of nitrogens with one attached hydrogen (secondary N) is 2. The Hall–Kier alpha value is -0.930. The van der Waals surface area contributed by atoms with E-state index in [4.69, 9.17) is 0 Å². The van der Waals surface area contributed by atoms with Crippen LogP contribution in [0.2, 0.25) is 0 Å². The van der Waals surface area contributed by atoms with Crippen molar-refractivity contribution in [1.82, 2.24) is 15.6 Å². The molecule has 2 heterocycles. The van der Waals surface area contributed by atoms with E-state index >= 15 is 0 Å². The fourth-order valence-electron chi connectivity index (χ4n) is 2.07. The minimum atomic E-state index is 0.404. The summed E-state index contributed by atoms with van der Waals surface area (Å²) in [7, 11) is 0. The van der Waals surface area contributed by atoms with Crippen molar-refractivity contribution in [3.05, 3.63) is 30.1 Å². The summed E-state index contributed by atoms with van der Waals surface area (Å²) in [6, 6.07) is 5.19. The SMILES string of the molecule is C[C@@H](NC1CCNCC1)c1cccnc1. The van der Waals surface area contributed by atoms with E-state index in [-0.39, 0.29) is 0 Å². The van der Waals surface area contributed by atoms with Crippen molar-refractivity contribution in [2.75, 3.05) is 13.1 Å². The molecule has 0 bridgehead atoms. The Bertz CT molecular complexity index is 280. The van der Waals surface area contributed by atoms with Gasteiger partial charge in [-0.1, -0.05) is 6.07 Å². The van der Waals surface area contributed by atoms with Crippen LogP contribution < -0.4 is 10.6 Å². The average molecular weight is 205 g/mol. The molecule has 1 fully saturated rings. The predicted molar refractivity (Wildman–Crippen MR) is 61.7 cm³/mol. The third-order valence-electron chi connectivity index (χ3n) is 3.01. The maximum Gasteiger partial charge on any atom is 0.0315 e. The third-order valence-corrected chi connectivity index (χ3v) is 3.01. The minimum Gasteiger partial charge on any atom is -0.317 e. The molecular formula is C12H19N3. The van der Waals surface area contributed by atoms with Crippen LogP contribution in [-0.4, -0.2) is 24.1 Å². The molecule has 0 unspecified atom stereocenters. The van der Waals surface area contributed by atoms with Crippen molar-refractivity contribution in [3.8, 4) is 0 Å². The largest absolute Gasteiger partial charge is 0.317 e. The molecule has 0 aromatic carbocycles. The summed E-state index contributed by atoms with van der Waals surface area (Å²) in [6.45, 7) is 4.48. The van der Waals surface area contributed by atoms with Gasteiger partial charge in [-0.15, -0.1) is 0 Å². The fourth-order valence-corrected chi connectivity index (χ4v) is 2.07. The average Bonchev–Trinajstić information content (AvgIpc) is 2.31. The Morgan fingerprint density at radius 1 is 1.47 bits per heavy atom. The monoisotopic (exact) mass is 205 g/mol. The van der Waals surface area contributed by atoms with Crippen molar-refractivity contribution in [3.63, 3.8) is 0 Å². The predicted octanol–water partition coefficient (Wildman–Crippen LogP) is 1.48. The lowest BCUT2D eigenvalue weighted by molar-refractivity contribution is 0.359. The van der Waals surface area contributed by atoms with E-state index in [0.717, 1.165) is 13.1 Å². The zero-order valence-electron chi connectivity index (χ0n) is 9.24. The maximum absolute atomic E-state index is 4.15. The number of aromatic nitrogens is 1. The van der Waals surface area contributed by atoms with Crippen LogP contribution >= 0.6 is 0 Å². The molecule has 1 aromatic heterocycles. The van der Waals surface area contributed by atoms with Crippen molar-refractivity contribution < 1.29 is 0 Å². The first kappa shape index (κ1) is 10.6. The lowest BCUT2D eigenvalue weighted by Gasteiger charge is -2.27. The van der Waals surface area contributed by atoms with Crippen LogP contribution in [0, 0.1) is 0 Å². The van der Waals surface area contributed by atoms with Gasteiger partial charge >= 0.3 is 0 Å². The molecule has 3 nitrogen and oxygen atoms in total. The van der Waals surface area contributed by atoms with Gasteiger partial charge in [0.15, 0.2) is 0 Å². The molecule has 1 saturated heterocycles. The molecule has 0 spiro atoms. The van der Waals surface area contributed by atoms with E-state index in [1.165, 1.54) is 18.4 Å². The molecule has 1 aromatic rings. The standard InChI is InChI=1S/C12H19N3/c1-10(11-3-2-6-14-9-11)15-12-4-7-13-8-5-12/h2-3,6,9-10,12-13,15H,4-5,7-8H2,1H3/t10-/m1/s1. The zero-order chi connectivity index (χ0) is 10.5. The fraction of sp³-hybridized carbons (Fsp3) is 0.583. The summed E-state index contributed by atoms with van der Waals surface area (Å²) >= 11 is 0. The van der Waals surface area contributed by atoms with Gasteiger partial charge in [0, 0.05) is 24.5 Å². The van der Waals surface area contributed by atoms with E-state index in [2.05, 4.69) is 28.6 Å². The molecule has 2 N–H and O–H groups in total. The van der Waals surface area contributed by atoms with Crippen LogP contribution in [0.3, 0.4) is 0 Å². The molecule has 1 aliphatic heterocycles. The van der Waals surface area contributed by atoms with Crippen molar-refractivity contribution >= 4 is 0 Å². The van der Waals surface area contributed by atoms with Crippen LogP contribution in [0.4, 0.5) is 0 Å². The molecule has 0 aliphatic carbocycles. The van der Waals surface area contributed by atoms with Gasteiger partial charge in [0.1, 0.15) is 0 Å². The van der Waals surface area contributed by atoms with Gasteiger partial charge in [-0.25, -0.2) is 0 Å². The second kappa shape index (κ2) is 5.24. The first-order valence-electron chi connectivity index (χ1n) is 5.73. The van der Waals surface area contributed by atoms with Gasteiger partial charge in [-0.3, -0.25) is 4.98 Å². The smallest absolute Gasteiger partial charge is 0.0315 e. The molecule has 0 saturated carbocycles. The highest BCUT2D eigenvalue weighted by Crippen LogP contribution is 2.13. The Morgan fingerprint density at radius 3 is 2.93 bits per heavy atom. The van der Waals surface area contributed by atoms with Crippen LogP contribution in [0.15, 0.2) is 24.5 Å². The highest BCUT2D eigenvalue weighted by Gasteiger charge is 2.15. The second-order valence-electron chi connectivity index (χ2n) is 4.20. The molecule has 15 heavy (non-hydrogen) atoms. The van der Waals surface area contributed by atoms with Gasteiger partial charge in [-0.05, 0) is 44.5 Å². The number of hydrogen-bond acceptors (Lipinski definition) is 3. The molecule has 1 atom stereocenters. The third kappa shape index (κ3) is 3.01. The van der Waals surface area contributed by atoms with Crippen LogP contribution in [-0.2, 0) is 0 Å². The summed E-state index contributed by atoms with van der Waals surface area (Å²) in [6.07, 6.45) is 6.22. The van der Waals surface area contributed by atoms with Crippen LogP contribution in [0.1, 0.15) is 31.4 Å². The molecule has 0 amide bonds. The lowest BCUT2D eigenvalue weighted by atomic mass is 10.0. The van der Waals surface area contributed by atoms with E-state index in [0.29, 0.717) is 12.1 Å². The topological polar surface area (TPSA) is 37.0 Å². The normalized spacial score (nSPS) is 20.1. The van der Waals surface area contributed by atoms with Gasteiger partial charge in [0.25, 0.3) is 0 Å². The molecule has 1 aliphatic rings. The minimum absolute atomic E-state index is 0.404. The summed E-state index contributed by atoms with van der Waals surface area (Å²) in [4.78, 5) is 4.15. The molecule has 2 rings (SSSR count). The number of hydrogen-bond donors (Lipinski definition) is 2. The number of rotatable bonds is 3. The van der Waals surface area contributed by atoms with Gasteiger partial charge in [0.05, 0.1) is 0 Å². The van der Waals surface area contributed by atoms with E-state index in [1.54, 1.807) is 0 Å². The Kier molecular flexibility index (Phi) is 3.69.